The van der Waals surface area contributed by atoms with E-state index in [-0.39, 0.29) is 0 Å². The van der Waals surface area contributed by atoms with Crippen molar-refractivity contribution in [3.8, 4) is 0 Å². The van der Waals surface area contributed by atoms with Crippen molar-refractivity contribution in [2.24, 2.45) is 0 Å². The minimum Gasteiger partial charge on any atom is -0.394 e. The number of hydrogen-bond donors (Lipinski definition) is 14. The predicted molar refractivity (Wildman–Crippen MR) is 160 cm³/mol. The van der Waals surface area contributed by atoms with Crippen LogP contribution in [0.15, 0.2) is 0 Å². The summed E-state index contributed by atoms with van der Waals surface area (Å²) in [4.78, 5) is 32.4. The van der Waals surface area contributed by atoms with Crippen molar-refractivity contribution in [2.75, 3.05) is 26.4 Å². The summed E-state index contributed by atoms with van der Waals surface area (Å²) in [6.45, 7) is -1.41. The molecule has 0 aromatic carbocycles. The van der Waals surface area contributed by atoms with Crippen molar-refractivity contribution in [3.05, 3.63) is 0 Å². The fraction of sp³-hybridized carbons (Fsp3) is 0.929. The van der Waals surface area contributed by atoms with Gasteiger partial charge in [-0.3, -0.25) is 20.1 Å². The van der Waals surface area contributed by atoms with Crippen molar-refractivity contribution < 1.29 is 114 Å². The van der Waals surface area contributed by atoms with E-state index in [4.69, 9.17) is 33.2 Å². The second-order valence-electron chi connectivity index (χ2n) is 12.8. The van der Waals surface area contributed by atoms with Crippen molar-refractivity contribution >= 4 is 11.8 Å². The zero-order valence-electron chi connectivity index (χ0n) is 28.2. The first-order valence-electron chi connectivity index (χ1n) is 16.4. The first-order chi connectivity index (χ1) is 25.1. The smallest absolute Gasteiger partial charge is 0.217 e. The lowest BCUT2D eigenvalue weighted by molar-refractivity contribution is -0.441. The molecule has 0 spiro atoms. The van der Waals surface area contributed by atoms with Gasteiger partial charge in [-0.1, -0.05) is 0 Å². The Bertz CT molecular complexity index is 1180. The lowest BCUT2D eigenvalue weighted by atomic mass is 9.94. The number of rotatable bonds is 14. The van der Waals surface area contributed by atoms with Gasteiger partial charge >= 0.3 is 0 Å². The summed E-state index contributed by atoms with van der Waals surface area (Å²) < 4.78 is 39.3. The third-order valence-electron chi connectivity index (χ3n) is 9.20. The van der Waals surface area contributed by atoms with Crippen molar-refractivity contribution in [1.82, 2.24) is 10.6 Å². The van der Waals surface area contributed by atoms with Gasteiger partial charge in [0, 0.05) is 13.8 Å². The Balaban J connectivity index is 1.58. The van der Waals surface area contributed by atoms with Crippen LogP contribution in [0.1, 0.15) is 13.8 Å². The number of nitrogens with one attached hydrogen (secondary N) is 2. The molecule has 308 valence electrons. The number of carbonyl (C=O) groups excluding carboxylic acids is 2. The molecule has 4 aliphatic heterocycles. The highest BCUT2D eigenvalue weighted by molar-refractivity contribution is 5.73. The quantitative estimate of drug-likeness (QED) is 0.0575. The molecule has 0 aromatic rings. The minimum absolute atomic E-state index is 0.668. The van der Waals surface area contributed by atoms with E-state index in [1.807, 2.05) is 0 Å². The van der Waals surface area contributed by atoms with Crippen LogP contribution in [-0.4, -0.2) is 223 Å². The van der Waals surface area contributed by atoms with E-state index in [1.54, 1.807) is 0 Å². The fourth-order valence-electron chi connectivity index (χ4n) is 6.55. The number of amides is 2. The van der Waals surface area contributed by atoms with Gasteiger partial charge in [-0.05, 0) is 0 Å². The molecule has 0 saturated carbocycles. The molecule has 0 aliphatic carbocycles. The van der Waals surface area contributed by atoms with Crippen LogP contribution in [0.4, 0.5) is 0 Å². The summed E-state index contributed by atoms with van der Waals surface area (Å²) in [7, 11) is 0. The van der Waals surface area contributed by atoms with Gasteiger partial charge in [0.05, 0.1) is 26.4 Å². The maximum atomic E-state index is 12.3. The summed E-state index contributed by atoms with van der Waals surface area (Å²) in [6, 6.07) is -3.08. The van der Waals surface area contributed by atoms with E-state index in [0.29, 0.717) is 0 Å². The Hall–Kier alpha value is -1.90. The lowest BCUT2D eigenvalue weighted by Crippen LogP contribution is -2.70. The fourth-order valence-corrected chi connectivity index (χ4v) is 6.55. The van der Waals surface area contributed by atoms with Crippen molar-refractivity contribution in [2.45, 2.75) is 137 Å². The molecule has 53 heavy (non-hydrogen) atoms. The number of ether oxygens (including phenoxy) is 7. The van der Waals surface area contributed by atoms with Gasteiger partial charge in [0.1, 0.15) is 85.3 Å². The maximum absolute atomic E-state index is 12.3. The Morgan fingerprint density at radius 3 is 1.42 bits per heavy atom. The lowest BCUT2D eigenvalue weighted by Gasteiger charge is -2.50. The van der Waals surface area contributed by atoms with Crippen LogP contribution in [0.5, 0.6) is 0 Å². The summed E-state index contributed by atoms with van der Waals surface area (Å²) in [6.07, 6.45) is -31.8. The second-order valence-corrected chi connectivity index (χ2v) is 12.8. The van der Waals surface area contributed by atoms with E-state index in [1.165, 1.54) is 0 Å². The standard InChI is InChI=1S/C28H48N2O23/c1-7(35)29-13-17(39)20(11(5-33)45-25(13)42)49-26-14(30-8(2)36)18(40)21(12(6-34)48-26)50-27-19(41)22(15(37)9(3-31)46-27)51-28-24(53-44)23(52-43)16(38)10(4-32)47-28/h9-28,31-34,37-44H,3-6H2,1-2H3,(H,29,35)(H,30,36)/t9-,10-,11-,12-,13-,14-,15-,16-,17-,18-,19+,20-,21-,22+,23+,24+,25-,26+,27+,28-/m1/s1. The molecule has 2 amide bonds. The molecule has 4 aliphatic rings. The molecule has 0 bridgehead atoms. The monoisotopic (exact) mass is 780 g/mol. The van der Waals surface area contributed by atoms with E-state index < -0.39 is 161 Å². The summed E-state index contributed by atoms with van der Waals surface area (Å²) in [5, 5.41) is 129. The molecular weight excluding hydrogens is 732 g/mol. The molecular formula is C28H48N2O23. The topological polar surface area (TPSA) is 384 Å². The van der Waals surface area contributed by atoms with E-state index >= 15 is 0 Å². The first-order valence-corrected chi connectivity index (χ1v) is 16.4. The Morgan fingerprint density at radius 1 is 0.491 bits per heavy atom. The van der Waals surface area contributed by atoms with Crippen LogP contribution in [0, 0.1) is 0 Å². The van der Waals surface area contributed by atoms with Gasteiger partial charge in [-0.2, -0.15) is 0 Å². The molecule has 4 fully saturated rings. The van der Waals surface area contributed by atoms with Crippen LogP contribution < -0.4 is 10.6 Å². The minimum atomic E-state index is -2.08. The highest BCUT2D eigenvalue weighted by atomic mass is 17.1. The van der Waals surface area contributed by atoms with Gasteiger partial charge in [0.15, 0.2) is 37.4 Å². The van der Waals surface area contributed by atoms with Gasteiger partial charge in [0.25, 0.3) is 0 Å². The van der Waals surface area contributed by atoms with Crippen LogP contribution >= 0.6 is 0 Å². The molecule has 20 atom stereocenters. The molecule has 0 aromatic heterocycles. The molecule has 25 nitrogen and oxygen atoms in total. The Morgan fingerprint density at radius 2 is 0.906 bits per heavy atom. The van der Waals surface area contributed by atoms with Crippen molar-refractivity contribution in [1.29, 1.82) is 0 Å². The van der Waals surface area contributed by atoms with E-state index in [2.05, 4.69) is 20.4 Å². The second kappa shape index (κ2) is 19.3. The molecule has 25 heteroatoms. The zero-order valence-corrected chi connectivity index (χ0v) is 28.2. The van der Waals surface area contributed by atoms with Crippen LogP contribution in [0.2, 0.25) is 0 Å². The van der Waals surface area contributed by atoms with Crippen LogP contribution in [0.25, 0.3) is 0 Å². The predicted octanol–water partition coefficient (Wildman–Crippen LogP) is -8.47. The normalized spacial score (nSPS) is 46.5. The third-order valence-corrected chi connectivity index (χ3v) is 9.20. The highest BCUT2D eigenvalue weighted by Gasteiger charge is 2.56. The number of aliphatic hydroxyl groups excluding tert-OH is 10. The molecule has 14 N–H and O–H groups in total. The Labute approximate surface area is 299 Å². The van der Waals surface area contributed by atoms with Crippen molar-refractivity contribution in [3.63, 3.8) is 0 Å². The zero-order chi connectivity index (χ0) is 39.3. The van der Waals surface area contributed by atoms with Crippen LogP contribution in [0.3, 0.4) is 0 Å². The maximum Gasteiger partial charge on any atom is 0.217 e. The number of hydrogen-bond acceptors (Lipinski definition) is 23. The summed E-state index contributed by atoms with van der Waals surface area (Å²) in [5.41, 5.74) is 0. The SMILES string of the molecule is CC(=O)N[C@@H]1[C@@H](O)[C@H](O[C@@H]2O[C@H](CO)[C@@H](O[C@@H]3O[C@H](CO)[C@@H](O)[C@H](O[C@H]4O[C@H](CO)[C@@H](O)[C@H](OO)[C@@H]4OO)[C@@H]3O)[C@H](O)[C@H]2NC(C)=O)[C@@H](CO)O[C@H]1O. The first kappa shape index (κ1) is 43.8. The average molecular weight is 781 g/mol. The van der Waals surface area contributed by atoms with E-state index in [0.717, 1.165) is 13.8 Å². The summed E-state index contributed by atoms with van der Waals surface area (Å²) in [5.74, 6) is -1.42. The molecule has 0 unspecified atom stereocenters. The molecule has 0 radical (unpaired) electrons. The third kappa shape index (κ3) is 9.56. The highest BCUT2D eigenvalue weighted by Crippen LogP contribution is 2.35. The molecule has 4 saturated heterocycles. The van der Waals surface area contributed by atoms with Gasteiger partial charge in [-0.15, -0.1) is 0 Å². The van der Waals surface area contributed by atoms with Gasteiger partial charge in [-0.25, -0.2) is 9.78 Å². The molecule has 4 rings (SSSR count). The molecule has 4 heterocycles. The number of aliphatic hydroxyl groups is 10. The Kier molecular flexibility index (Phi) is 16.0. The largest absolute Gasteiger partial charge is 0.394 e. The van der Waals surface area contributed by atoms with Gasteiger partial charge < -0.3 is 94.9 Å². The summed E-state index contributed by atoms with van der Waals surface area (Å²) >= 11 is 0. The van der Waals surface area contributed by atoms with Gasteiger partial charge in [0.2, 0.25) is 11.8 Å². The van der Waals surface area contributed by atoms with Crippen LogP contribution in [-0.2, 0) is 52.5 Å². The van der Waals surface area contributed by atoms with E-state index in [9.17, 15) is 71.2 Å². The number of carbonyl (C=O) groups is 2. The average Bonchev–Trinajstić information content (AvgIpc) is 3.12.